The van der Waals surface area contributed by atoms with Gasteiger partial charge in [-0.25, -0.2) is 14.8 Å². The number of hydrogen-bond donors (Lipinski definition) is 3. The number of hydrogen-bond acceptors (Lipinski definition) is 10. The van der Waals surface area contributed by atoms with Gasteiger partial charge in [-0.2, -0.15) is 5.01 Å². The maximum Gasteiger partial charge on any atom is 0.427 e. The van der Waals surface area contributed by atoms with Gasteiger partial charge < -0.3 is 20.5 Å². The second-order valence-electron chi connectivity index (χ2n) is 10.2. The van der Waals surface area contributed by atoms with E-state index in [1.807, 2.05) is 73.7 Å². The Morgan fingerprint density at radius 2 is 1.85 bits per heavy atom. The van der Waals surface area contributed by atoms with Crippen molar-refractivity contribution in [2.45, 2.75) is 24.4 Å². The van der Waals surface area contributed by atoms with Gasteiger partial charge in [0.05, 0.1) is 11.2 Å². The largest absolute Gasteiger partial charge is 0.464 e. The van der Waals surface area contributed by atoms with E-state index < -0.39 is 29.6 Å². The van der Waals surface area contributed by atoms with Gasteiger partial charge in [0.2, 0.25) is 5.91 Å². The third-order valence-corrected chi connectivity index (χ3v) is 10.2. The normalized spacial score (nSPS) is 25.1. The number of β-lactam (4-membered cyclic amide) rings is 1. The second kappa shape index (κ2) is 10.9. The number of carbonyl (C=O) groups is 3. The van der Waals surface area contributed by atoms with E-state index in [1.165, 1.54) is 29.7 Å². The van der Waals surface area contributed by atoms with E-state index in [1.54, 1.807) is 9.91 Å². The molecular weight excluding hydrogens is 564 g/mol. The number of carbonyl (C=O) groups excluding carboxylic acids is 2. The first kappa shape index (κ1) is 27.4. The molecule has 2 aromatic carbocycles. The molecule has 2 fully saturated rings. The van der Waals surface area contributed by atoms with Crippen LogP contribution in [0.15, 0.2) is 88.8 Å². The first-order chi connectivity index (χ1) is 19.8. The fourth-order valence-corrected chi connectivity index (χ4v) is 7.95. The van der Waals surface area contributed by atoms with Crippen LogP contribution in [0.2, 0.25) is 0 Å². The van der Waals surface area contributed by atoms with E-state index in [2.05, 4.69) is 10.5 Å². The van der Waals surface area contributed by atoms with Gasteiger partial charge in [0.25, 0.3) is 0 Å². The summed E-state index contributed by atoms with van der Waals surface area (Å²) in [5.74, 6) is 0.506. The number of rotatable bonds is 7. The molecule has 11 nitrogen and oxygen atoms in total. The van der Waals surface area contributed by atoms with Gasteiger partial charge in [0, 0.05) is 23.8 Å². The third kappa shape index (κ3) is 5.10. The molecule has 2 saturated heterocycles. The van der Waals surface area contributed by atoms with Crippen LogP contribution in [0.5, 0.6) is 0 Å². The molecule has 4 heterocycles. The number of ether oxygens (including phenoxy) is 1. The Morgan fingerprint density at radius 3 is 2.49 bits per heavy atom. The maximum atomic E-state index is 14.3. The molecule has 0 aromatic heterocycles. The van der Waals surface area contributed by atoms with Gasteiger partial charge >= 0.3 is 12.1 Å². The minimum Gasteiger partial charge on any atom is -0.464 e. The molecule has 13 heteroatoms. The molecule has 2 amide bonds. The number of fused-ring (bicyclic) bond motifs is 2. The molecule has 3 atom stereocenters. The Bertz CT molecular complexity index is 1430. The van der Waals surface area contributed by atoms with Crippen molar-refractivity contribution in [1.29, 1.82) is 0 Å². The van der Waals surface area contributed by atoms with E-state index in [0.717, 1.165) is 16.1 Å². The van der Waals surface area contributed by atoms with Crippen molar-refractivity contribution in [3.05, 3.63) is 94.9 Å². The molecule has 41 heavy (non-hydrogen) atoms. The Balaban J connectivity index is 1.29. The fraction of sp³-hybridized carbons (Fsp3) is 0.286. The summed E-state index contributed by atoms with van der Waals surface area (Å²) in [4.78, 5) is 44.6. The second-order valence-corrected chi connectivity index (χ2v) is 12.3. The average molecular weight is 593 g/mol. The van der Waals surface area contributed by atoms with Gasteiger partial charge in [0.1, 0.15) is 16.8 Å². The molecule has 0 saturated carbocycles. The molecule has 4 aliphatic rings. The Morgan fingerprint density at radius 1 is 1.20 bits per heavy atom. The predicted molar refractivity (Wildman–Crippen MR) is 156 cm³/mol. The summed E-state index contributed by atoms with van der Waals surface area (Å²) >= 11 is 2.86. The molecule has 0 spiro atoms. The standard InChI is InChI=1S/C28H28N6O5S2/c1-17-12-21(34-20(30-17)13-33(31-34)27(37)38)40-15-28(14-32-24(35)22(29)25(32)41-16-28)26(36)39-23(18-8-4-2-5-9-18)19-10-6-3-7-11-19/h2-13,22-23,25,31H,14-16,29H2,1H3,(H,37,38)/t22?,25-,28?/m1/s1. The number of carboxylic acid groups (broad SMARTS) is 1. The SMILES string of the molecule is CC1=NC2=CN(C(=O)O)NN2C(SCC2(C(=O)OC(c3ccccc3)c3ccccc3)CS[C@@H]3C(N)C(=O)N3C2)=C1. The highest BCUT2D eigenvalue weighted by Crippen LogP contribution is 2.46. The summed E-state index contributed by atoms with van der Waals surface area (Å²) < 4.78 is 6.33. The van der Waals surface area contributed by atoms with Crippen LogP contribution in [0, 0.1) is 5.41 Å². The fourth-order valence-electron chi connectivity index (χ4n) is 5.09. The first-order valence-corrected chi connectivity index (χ1v) is 15.0. The monoisotopic (exact) mass is 592 g/mol. The summed E-state index contributed by atoms with van der Waals surface area (Å²) in [6, 6.07) is 18.5. The lowest BCUT2D eigenvalue weighted by Gasteiger charge is -2.53. The highest BCUT2D eigenvalue weighted by Gasteiger charge is 2.56. The van der Waals surface area contributed by atoms with E-state index in [0.29, 0.717) is 22.3 Å². The van der Waals surface area contributed by atoms with Gasteiger partial charge in [-0.05, 0) is 24.1 Å². The molecule has 4 aliphatic heterocycles. The summed E-state index contributed by atoms with van der Waals surface area (Å²) in [5.41, 5.74) is 10.1. The lowest BCUT2D eigenvalue weighted by Crippen LogP contribution is -2.72. The van der Waals surface area contributed by atoms with Crippen molar-refractivity contribution in [3.63, 3.8) is 0 Å². The number of nitrogens with zero attached hydrogens (tertiary/aromatic N) is 4. The van der Waals surface area contributed by atoms with E-state index in [9.17, 15) is 19.5 Å². The van der Waals surface area contributed by atoms with Gasteiger partial charge in [0.15, 0.2) is 11.9 Å². The van der Waals surface area contributed by atoms with Crippen LogP contribution in [0.1, 0.15) is 24.2 Å². The predicted octanol–water partition coefficient (Wildman–Crippen LogP) is 3.11. The molecule has 0 bridgehead atoms. The molecule has 2 aromatic rings. The van der Waals surface area contributed by atoms with Crippen molar-refractivity contribution >= 4 is 47.2 Å². The number of nitrogens with one attached hydrogen (secondary N) is 1. The zero-order chi connectivity index (χ0) is 28.7. The van der Waals surface area contributed by atoms with Crippen molar-refractivity contribution in [2.24, 2.45) is 16.1 Å². The Kier molecular flexibility index (Phi) is 7.28. The van der Waals surface area contributed by atoms with Crippen LogP contribution in [-0.2, 0) is 14.3 Å². The minimum atomic E-state index is -1.18. The quantitative estimate of drug-likeness (QED) is 0.324. The van der Waals surface area contributed by atoms with E-state index in [-0.39, 0.29) is 23.6 Å². The highest BCUT2D eigenvalue weighted by atomic mass is 32.2. The number of hydrazine groups is 2. The zero-order valence-electron chi connectivity index (χ0n) is 22.0. The van der Waals surface area contributed by atoms with Gasteiger partial charge in [-0.1, -0.05) is 60.7 Å². The Hall–Kier alpha value is -3.78. The number of nitrogens with two attached hydrogens (primary N) is 1. The molecular formula is C28H28N6O5S2. The third-order valence-electron chi connectivity index (χ3n) is 7.28. The molecule has 0 aliphatic carbocycles. The Labute approximate surface area is 245 Å². The van der Waals surface area contributed by atoms with Crippen LogP contribution in [0.4, 0.5) is 4.79 Å². The summed E-state index contributed by atoms with van der Waals surface area (Å²) in [5, 5.41) is 12.4. The maximum absolute atomic E-state index is 14.3. The van der Waals surface area contributed by atoms with Gasteiger partial charge in [-0.3, -0.25) is 9.59 Å². The highest BCUT2D eigenvalue weighted by molar-refractivity contribution is 8.03. The number of aliphatic imine (C=N–C) groups is 1. The van der Waals surface area contributed by atoms with Crippen LogP contribution in [0.3, 0.4) is 0 Å². The lowest BCUT2D eigenvalue weighted by molar-refractivity contribution is -0.163. The van der Waals surface area contributed by atoms with Crippen molar-refractivity contribution in [3.8, 4) is 0 Å². The van der Waals surface area contributed by atoms with Crippen molar-refractivity contribution < 1.29 is 24.2 Å². The van der Waals surface area contributed by atoms with E-state index in [4.69, 9.17) is 10.5 Å². The van der Waals surface area contributed by atoms with Crippen LogP contribution in [0.25, 0.3) is 0 Å². The molecule has 212 valence electrons. The summed E-state index contributed by atoms with van der Waals surface area (Å²) in [6.07, 6.45) is 1.39. The van der Waals surface area contributed by atoms with Crippen molar-refractivity contribution in [2.75, 3.05) is 18.1 Å². The minimum absolute atomic E-state index is 0.172. The van der Waals surface area contributed by atoms with Crippen LogP contribution < -0.4 is 11.3 Å². The topological polar surface area (TPSA) is 141 Å². The molecule has 6 rings (SSSR count). The molecule has 2 unspecified atom stereocenters. The van der Waals surface area contributed by atoms with Crippen LogP contribution in [-0.4, -0.2) is 73.2 Å². The lowest BCUT2D eigenvalue weighted by atomic mass is 9.89. The number of esters is 1. The summed E-state index contributed by atoms with van der Waals surface area (Å²) in [7, 11) is 0. The van der Waals surface area contributed by atoms with Crippen molar-refractivity contribution in [1.82, 2.24) is 20.5 Å². The van der Waals surface area contributed by atoms with Crippen LogP contribution >= 0.6 is 23.5 Å². The summed E-state index contributed by atoms with van der Waals surface area (Å²) in [6.45, 7) is 1.99. The van der Waals surface area contributed by atoms with E-state index >= 15 is 0 Å². The average Bonchev–Trinajstić information content (AvgIpc) is 3.43. The zero-order valence-corrected chi connectivity index (χ0v) is 23.7. The molecule has 0 radical (unpaired) electrons. The number of amides is 2. The smallest absolute Gasteiger partial charge is 0.427 e. The molecule has 4 N–H and O–H groups in total. The first-order valence-electron chi connectivity index (χ1n) is 12.9. The number of allylic oxidation sites excluding steroid dienone is 1. The number of benzene rings is 2. The number of thioether (sulfide) groups is 2. The van der Waals surface area contributed by atoms with Gasteiger partial charge in [-0.15, -0.1) is 29.1 Å².